The largest absolute Gasteiger partial charge is 0.495 e. The summed E-state index contributed by atoms with van der Waals surface area (Å²) < 4.78 is 7.39. The summed E-state index contributed by atoms with van der Waals surface area (Å²) >= 11 is 1.38. The molecule has 0 saturated carbocycles. The first kappa shape index (κ1) is 21.6. The molecular weight excluding hydrogens is 446 g/mol. The molecule has 1 unspecified atom stereocenters. The Morgan fingerprint density at radius 3 is 2.82 bits per heavy atom. The number of thiazole rings is 1. The Labute approximate surface area is 200 Å². The number of rotatable bonds is 5. The van der Waals surface area contributed by atoms with Gasteiger partial charge < -0.3 is 19.7 Å². The van der Waals surface area contributed by atoms with Gasteiger partial charge in [-0.15, -0.1) is 11.3 Å². The highest BCUT2D eigenvalue weighted by atomic mass is 32.1. The van der Waals surface area contributed by atoms with Gasteiger partial charge in [-0.2, -0.15) is 4.98 Å². The molecule has 0 aliphatic rings. The molecule has 3 aromatic heterocycles. The van der Waals surface area contributed by atoms with Crippen LogP contribution in [0, 0.1) is 11.8 Å². The maximum Gasteiger partial charge on any atom is 0.229 e. The summed E-state index contributed by atoms with van der Waals surface area (Å²) in [5, 5.41) is 17.2. The van der Waals surface area contributed by atoms with Crippen molar-refractivity contribution in [3.05, 3.63) is 89.1 Å². The fraction of sp³-hybridized carbons (Fsp3) is 0.115. The molecule has 0 bridgehead atoms. The van der Waals surface area contributed by atoms with Crippen molar-refractivity contribution in [2.75, 3.05) is 12.4 Å². The van der Waals surface area contributed by atoms with Gasteiger partial charge in [-0.05, 0) is 43.3 Å². The third-order valence-electron chi connectivity index (χ3n) is 5.20. The van der Waals surface area contributed by atoms with Crippen molar-refractivity contribution >= 4 is 34.0 Å². The molecule has 0 fully saturated rings. The van der Waals surface area contributed by atoms with Gasteiger partial charge in [0.2, 0.25) is 5.95 Å². The zero-order chi connectivity index (χ0) is 23.5. The molecule has 3 heterocycles. The monoisotopic (exact) mass is 467 g/mol. The number of aliphatic hydroxyl groups is 1. The standard InChI is InChI=1S/C26H21N5O2S/c1-26(32,24-27-13-15-34-24)12-10-18-6-5-7-20(16-18)31-14-11-19-17-28-25(30-23(19)31)29-21-8-3-4-9-22(21)33-2/h3-9,11,13-17,32H,1-2H3,(H,28,29,30). The first-order valence-corrected chi connectivity index (χ1v) is 11.4. The lowest BCUT2D eigenvalue weighted by atomic mass is 10.1. The Bertz CT molecular complexity index is 1510. The molecule has 2 N–H and O–H groups in total. The van der Waals surface area contributed by atoms with Crippen LogP contribution < -0.4 is 10.1 Å². The second-order valence-corrected chi connectivity index (χ2v) is 8.59. The summed E-state index contributed by atoms with van der Waals surface area (Å²) in [6.45, 7) is 1.65. The number of hydrogen-bond acceptors (Lipinski definition) is 7. The first-order valence-electron chi connectivity index (χ1n) is 10.5. The van der Waals surface area contributed by atoms with Crippen LogP contribution in [0.25, 0.3) is 16.7 Å². The highest BCUT2D eigenvalue weighted by Gasteiger charge is 2.22. The van der Waals surface area contributed by atoms with E-state index in [9.17, 15) is 5.11 Å². The number of ether oxygens (including phenoxy) is 1. The van der Waals surface area contributed by atoms with Gasteiger partial charge in [0, 0.05) is 40.6 Å². The smallest absolute Gasteiger partial charge is 0.229 e. The van der Waals surface area contributed by atoms with Crippen molar-refractivity contribution < 1.29 is 9.84 Å². The zero-order valence-corrected chi connectivity index (χ0v) is 19.4. The van der Waals surface area contributed by atoms with Gasteiger partial charge in [0.15, 0.2) is 5.60 Å². The number of nitrogens with zero attached hydrogens (tertiary/aromatic N) is 4. The fourth-order valence-corrected chi connectivity index (χ4v) is 4.15. The van der Waals surface area contributed by atoms with Gasteiger partial charge in [0.1, 0.15) is 16.4 Å². The van der Waals surface area contributed by atoms with E-state index in [1.807, 2.05) is 70.7 Å². The minimum atomic E-state index is -1.31. The third-order valence-corrected chi connectivity index (χ3v) is 6.19. The third kappa shape index (κ3) is 4.35. The molecule has 0 spiro atoms. The maximum absolute atomic E-state index is 10.7. The fourth-order valence-electron chi connectivity index (χ4n) is 3.50. The average Bonchev–Trinajstić information content (AvgIpc) is 3.54. The van der Waals surface area contributed by atoms with Gasteiger partial charge in [0.25, 0.3) is 0 Å². The van der Waals surface area contributed by atoms with Crippen LogP contribution >= 0.6 is 11.3 Å². The van der Waals surface area contributed by atoms with Crippen molar-refractivity contribution in [1.82, 2.24) is 19.5 Å². The Hall–Kier alpha value is -4.19. The summed E-state index contributed by atoms with van der Waals surface area (Å²) in [5.74, 6) is 7.18. The quantitative estimate of drug-likeness (QED) is 0.358. The second kappa shape index (κ2) is 8.98. The number of anilines is 2. The number of methoxy groups -OCH3 is 1. The number of hydrogen-bond donors (Lipinski definition) is 2. The van der Waals surface area contributed by atoms with E-state index in [0.717, 1.165) is 28.0 Å². The highest BCUT2D eigenvalue weighted by molar-refractivity contribution is 7.09. The molecule has 2 aromatic carbocycles. The van der Waals surface area contributed by atoms with E-state index in [-0.39, 0.29) is 0 Å². The van der Waals surface area contributed by atoms with Crippen LogP contribution in [0.3, 0.4) is 0 Å². The summed E-state index contributed by atoms with van der Waals surface area (Å²) in [4.78, 5) is 13.3. The molecule has 0 saturated heterocycles. The van der Waals surface area contributed by atoms with Crippen molar-refractivity contribution in [3.8, 4) is 23.3 Å². The molecular formula is C26H21N5O2S. The summed E-state index contributed by atoms with van der Waals surface area (Å²) in [6.07, 6.45) is 5.39. The van der Waals surface area contributed by atoms with Crippen molar-refractivity contribution in [2.45, 2.75) is 12.5 Å². The van der Waals surface area contributed by atoms with Crippen LogP contribution in [0.5, 0.6) is 5.75 Å². The Morgan fingerprint density at radius 1 is 1.12 bits per heavy atom. The summed E-state index contributed by atoms with van der Waals surface area (Å²) in [6, 6.07) is 17.4. The molecule has 34 heavy (non-hydrogen) atoms. The normalized spacial score (nSPS) is 12.6. The SMILES string of the molecule is COc1ccccc1Nc1ncc2ccn(-c3cccc(C#CC(C)(O)c4nccs4)c3)c2n1. The van der Waals surface area contributed by atoms with Crippen LogP contribution in [0.1, 0.15) is 17.5 Å². The molecule has 8 heteroatoms. The van der Waals surface area contributed by atoms with Gasteiger partial charge >= 0.3 is 0 Å². The zero-order valence-electron chi connectivity index (χ0n) is 18.6. The van der Waals surface area contributed by atoms with Gasteiger partial charge in [0.05, 0.1) is 12.8 Å². The maximum atomic E-state index is 10.7. The molecule has 168 valence electrons. The summed E-state index contributed by atoms with van der Waals surface area (Å²) in [7, 11) is 1.63. The minimum absolute atomic E-state index is 0.465. The van der Waals surface area contributed by atoms with Crippen molar-refractivity contribution in [1.29, 1.82) is 0 Å². The van der Waals surface area contributed by atoms with Crippen LogP contribution in [-0.2, 0) is 5.60 Å². The number of benzene rings is 2. The van der Waals surface area contributed by atoms with Gasteiger partial charge in [-0.3, -0.25) is 0 Å². The highest BCUT2D eigenvalue weighted by Crippen LogP contribution is 2.27. The molecule has 0 amide bonds. The van der Waals surface area contributed by atoms with E-state index in [2.05, 4.69) is 27.1 Å². The second-order valence-electron chi connectivity index (χ2n) is 7.69. The Kier molecular flexibility index (Phi) is 5.72. The van der Waals surface area contributed by atoms with Crippen LogP contribution in [0.15, 0.2) is 78.6 Å². The van der Waals surface area contributed by atoms with E-state index in [1.165, 1.54) is 11.3 Å². The summed E-state index contributed by atoms with van der Waals surface area (Å²) in [5.41, 5.74) is 1.91. The molecule has 5 aromatic rings. The van der Waals surface area contributed by atoms with Crippen LogP contribution in [0.2, 0.25) is 0 Å². The first-order chi connectivity index (χ1) is 16.5. The van der Waals surface area contributed by atoms with Crippen LogP contribution in [-0.4, -0.2) is 31.7 Å². The predicted molar refractivity (Wildman–Crippen MR) is 134 cm³/mol. The number of para-hydroxylation sites is 2. The van der Waals surface area contributed by atoms with E-state index in [0.29, 0.717) is 16.7 Å². The van der Waals surface area contributed by atoms with Gasteiger partial charge in [-0.25, -0.2) is 9.97 Å². The van der Waals surface area contributed by atoms with Gasteiger partial charge in [-0.1, -0.05) is 30.0 Å². The van der Waals surface area contributed by atoms with Crippen LogP contribution in [0.4, 0.5) is 11.6 Å². The van der Waals surface area contributed by atoms with Crippen molar-refractivity contribution in [3.63, 3.8) is 0 Å². The molecule has 7 nitrogen and oxygen atoms in total. The topological polar surface area (TPSA) is 85.1 Å². The number of nitrogens with one attached hydrogen (secondary N) is 1. The molecule has 0 aliphatic heterocycles. The predicted octanol–water partition coefficient (Wildman–Crippen LogP) is 4.89. The van der Waals surface area contributed by atoms with E-state index < -0.39 is 5.60 Å². The van der Waals surface area contributed by atoms with Crippen molar-refractivity contribution in [2.24, 2.45) is 0 Å². The lowest BCUT2D eigenvalue weighted by molar-refractivity contribution is 0.122. The number of aromatic nitrogens is 4. The molecule has 5 rings (SSSR count). The van der Waals surface area contributed by atoms with E-state index >= 15 is 0 Å². The molecule has 0 aliphatic carbocycles. The Morgan fingerprint density at radius 2 is 2.00 bits per heavy atom. The minimum Gasteiger partial charge on any atom is -0.495 e. The van der Waals surface area contributed by atoms with E-state index in [4.69, 9.17) is 9.72 Å². The Balaban J connectivity index is 1.47. The number of fused-ring (bicyclic) bond motifs is 1. The molecule has 0 radical (unpaired) electrons. The van der Waals surface area contributed by atoms with E-state index in [1.54, 1.807) is 26.4 Å². The molecule has 1 atom stereocenters. The lowest BCUT2D eigenvalue weighted by Crippen LogP contribution is -2.17. The average molecular weight is 468 g/mol. The lowest BCUT2D eigenvalue weighted by Gasteiger charge is -2.12.